The minimum Gasteiger partial charge on any atom is -0.456 e. The summed E-state index contributed by atoms with van der Waals surface area (Å²) in [5, 5.41) is 10.2. The van der Waals surface area contributed by atoms with E-state index in [0.29, 0.717) is 11.6 Å². The van der Waals surface area contributed by atoms with Crippen molar-refractivity contribution in [3.05, 3.63) is 418 Å². The van der Waals surface area contributed by atoms with Gasteiger partial charge in [-0.2, -0.15) is 0 Å². The molecule has 0 N–H and O–H groups in total. The fourth-order valence-corrected chi connectivity index (χ4v) is 17.8. The summed E-state index contributed by atoms with van der Waals surface area (Å²) in [7, 11) is 0. The topological polar surface area (TPSA) is 106 Å². The standard InChI is InChI=1S/C60H38N4O.C51H33N3O2/c1-4-15-40(16-5-1)52-38-53(41-17-6-2-7-18-41)62-60(61-52)42-29-27-39(28-30-42)43-31-32-55-51(35-43)47-21-10-12-25-54(47)64(55)57-37-44(36-56-50(57)33-34-63(56)45-19-8-3-9-20-45)46-23-14-24-49-48-22-11-13-26-58(48)65-59(46)49;1-32-28-48(56-50(32)40-22-13-25-47-49(40)39-21-9-11-24-46(39)55-47)54-44-23-10-8-20-38(44)41-30-36(26-27-45(41)54)35-18-12-19-37(29-35)51-52-42(33-14-4-2-5-15-33)31-43(53-51)34-16-6-3-7-17-34/h1-38H;2-31H,1H3. The van der Waals surface area contributed by atoms with Crippen LogP contribution in [0.5, 0.6) is 0 Å². The lowest BCUT2D eigenvalue weighted by atomic mass is 10.00. The summed E-state index contributed by atoms with van der Waals surface area (Å²) in [6, 6.07) is 142. The number of fused-ring (bicyclic) bond motifs is 13. The predicted octanol–water partition coefficient (Wildman–Crippen LogP) is 29.5. The van der Waals surface area contributed by atoms with Crippen molar-refractivity contribution in [3.63, 3.8) is 0 Å². The molecule has 24 aromatic rings. The van der Waals surface area contributed by atoms with E-state index < -0.39 is 0 Å². The van der Waals surface area contributed by atoms with Gasteiger partial charge in [-0.25, -0.2) is 19.9 Å². The summed E-state index contributed by atoms with van der Waals surface area (Å²) in [5.74, 6) is 2.99. The Morgan fingerprint density at radius 2 is 0.678 bits per heavy atom. The van der Waals surface area contributed by atoms with Crippen LogP contribution in [0.25, 0.3) is 228 Å². The first-order valence-electron chi connectivity index (χ1n) is 40.8. The highest BCUT2D eigenvalue weighted by atomic mass is 16.4. The highest BCUT2D eigenvalue weighted by molar-refractivity contribution is 6.16. The molecule has 0 unspecified atom stereocenters. The molecule has 16 aromatic carbocycles. The molecule has 121 heavy (non-hydrogen) atoms. The van der Waals surface area contributed by atoms with E-state index in [9.17, 15) is 0 Å². The zero-order valence-corrected chi connectivity index (χ0v) is 65.6. The van der Waals surface area contributed by atoms with E-state index in [4.69, 9.17) is 33.2 Å². The number of aromatic nitrogens is 7. The second-order valence-corrected chi connectivity index (χ2v) is 30.8. The molecule has 568 valence electrons. The molecule has 0 spiro atoms. The Hall–Kier alpha value is -16.3. The van der Waals surface area contributed by atoms with Crippen molar-refractivity contribution in [2.75, 3.05) is 0 Å². The van der Waals surface area contributed by atoms with E-state index in [-0.39, 0.29) is 0 Å². The molecule has 8 heterocycles. The Labute approximate surface area is 695 Å². The second kappa shape index (κ2) is 29.2. The van der Waals surface area contributed by atoms with Crippen molar-refractivity contribution in [2.24, 2.45) is 0 Å². The summed E-state index contributed by atoms with van der Waals surface area (Å²) in [5.41, 5.74) is 29.7. The Morgan fingerprint density at radius 1 is 0.240 bits per heavy atom. The maximum atomic E-state index is 6.86. The summed E-state index contributed by atoms with van der Waals surface area (Å²) in [6.45, 7) is 2.12. The first-order valence-corrected chi connectivity index (χ1v) is 40.8. The number of aryl methyl sites for hydroxylation is 1. The first-order chi connectivity index (χ1) is 59.9. The maximum absolute atomic E-state index is 6.86. The molecule has 10 heteroatoms. The summed E-state index contributed by atoms with van der Waals surface area (Å²) >= 11 is 0. The molecule has 0 amide bonds. The Balaban J connectivity index is 0.000000142. The van der Waals surface area contributed by atoms with Gasteiger partial charge in [0.05, 0.1) is 56.0 Å². The van der Waals surface area contributed by atoms with Crippen LogP contribution in [0.3, 0.4) is 0 Å². The largest absolute Gasteiger partial charge is 0.456 e. The minimum absolute atomic E-state index is 0.688. The maximum Gasteiger partial charge on any atom is 0.205 e. The normalized spacial score (nSPS) is 11.7. The monoisotopic (exact) mass is 1550 g/mol. The van der Waals surface area contributed by atoms with Crippen LogP contribution in [-0.4, -0.2) is 33.6 Å². The van der Waals surface area contributed by atoms with Gasteiger partial charge in [0.1, 0.15) is 28.1 Å². The highest BCUT2D eigenvalue weighted by Crippen LogP contribution is 2.46. The lowest BCUT2D eigenvalue weighted by Crippen LogP contribution is -1.98. The Kier molecular flexibility index (Phi) is 16.9. The SMILES string of the molecule is Cc1cc(-n2c3ccccc3c3cc(-c4cccc(-c5nc(-c6ccccc6)cc(-c6ccccc6)n5)c4)ccc32)oc1-c1cccc2oc3ccccc3c12.c1ccc(-c2cc(-c3ccccc3)nc(-c3ccc(-c4ccc5c(c4)c4ccccc4n5-c4cc(-c5cccc6c5oc5ccccc56)cc5c4ccn5-c4ccccc4)cc3)n2)cc1. The number of hydrogen-bond acceptors (Lipinski definition) is 7. The zero-order valence-electron chi connectivity index (χ0n) is 65.6. The predicted molar refractivity (Wildman–Crippen MR) is 495 cm³/mol. The number of nitrogens with zero attached hydrogens (tertiary/aromatic N) is 7. The van der Waals surface area contributed by atoms with Gasteiger partial charge in [0.2, 0.25) is 5.88 Å². The molecule has 0 saturated carbocycles. The Morgan fingerprint density at radius 3 is 1.30 bits per heavy atom. The quantitative estimate of drug-likeness (QED) is 0.113. The highest BCUT2D eigenvalue weighted by Gasteiger charge is 2.25. The molecule has 0 bridgehead atoms. The van der Waals surface area contributed by atoms with Crippen LogP contribution >= 0.6 is 0 Å². The Bertz CT molecular complexity index is 8020. The van der Waals surface area contributed by atoms with Gasteiger partial charge in [0.25, 0.3) is 0 Å². The van der Waals surface area contributed by atoms with E-state index >= 15 is 0 Å². The third-order valence-electron chi connectivity index (χ3n) is 23.6. The second-order valence-electron chi connectivity index (χ2n) is 30.8. The molecular formula is C111H71N7O3. The molecule has 10 nitrogen and oxygen atoms in total. The molecule has 0 aliphatic rings. The van der Waals surface area contributed by atoms with Gasteiger partial charge in [-0.15, -0.1) is 0 Å². The van der Waals surface area contributed by atoms with Gasteiger partial charge in [-0.1, -0.05) is 297 Å². The third kappa shape index (κ3) is 12.3. The molecule has 0 radical (unpaired) electrons. The van der Waals surface area contributed by atoms with Gasteiger partial charge in [-0.3, -0.25) is 4.57 Å². The van der Waals surface area contributed by atoms with Crippen molar-refractivity contribution in [2.45, 2.75) is 6.92 Å². The van der Waals surface area contributed by atoms with Gasteiger partial charge >= 0.3 is 0 Å². The molecule has 8 aromatic heterocycles. The van der Waals surface area contributed by atoms with Gasteiger partial charge in [0.15, 0.2) is 11.6 Å². The fourth-order valence-electron chi connectivity index (χ4n) is 17.8. The van der Waals surface area contributed by atoms with E-state index in [2.05, 4.69) is 330 Å². The van der Waals surface area contributed by atoms with Crippen molar-refractivity contribution >= 4 is 98.4 Å². The van der Waals surface area contributed by atoms with Crippen LogP contribution in [0, 0.1) is 6.92 Å². The molecule has 0 saturated heterocycles. The van der Waals surface area contributed by atoms with Crippen LogP contribution in [0.15, 0.2) is 426 Å². The summed E-state index contributed by atoms with van der Waals surface area (Å²) in [4.78, 5) is 20.3. The van der Waals surface area contributed by atoms with Gasteiger partial charge < -0.3 is 22.4 Å². The molecular weight excluding hydrogens is 1480 g/mol. The average Bonchev–Trinajstić information content (AvgIpc) is 1.58. The van der Waals surface area contributed by atoms with Crippen LogP contribution in [-0.2, 0) is 0 Å². The van der Waals surface area contributed by atoms with Crippen molar-refractivity contribution in [1.82, 2.24) is 33.6 Å². The summed E-state index contributed by atoms with van der Waals surface area (Å²) < 4.78 is 26.7. The minimum atomic E-state index is 0.688. The van der Waals surface area contributed by atoms with E-state index in [1.54, 1.807) is 0 Å². The molecule has 0 aliphatic heterocycles. The number of benzene rings is 16. The van der Waals surface area contributed by atoms with E-state index in [1.807, 2.05) is 103 Å². The number of furan rings is 3. The van der Waals surface area contributed by atoms with Crippen molar-refractivity contribution in [1.29, 1.82) is 0 Å². The van der Waals surface area contributed by atoms with Crippen molar-refractivity contribution in [3.8, 4) is 130 Å². The smallest absolute Gasteiger partial charge is 0.205 e. The zero-order chi connectivity index (χ0) is 80.0. The van der Waals surface area contributed by atoms with Crippen LogP contribution in [0.2, 0.25) is 0 Å². The molecule has 24 rings (SSSR count). The number of hydrogen-bond donors (Lipinski definition) is 0. The summed E-state index contributed by atoms with van der Waals surface area (Å²) in [6.07, 6.45) is 2.19. The first kappa shape index (κ1) is 70.1. The molecule has 0 atom stereocenters. The lowest BCUT2D eigenvalue weighted by molar-refractivity contribution is 0.559. The van der Waals surface area contributed by atoms with Gasteiger partial charge in [0, 0.05) is 111 Å². The molecule has 0 aliphatic carbocycles. The average molecular weight is 1550 g/mol. The van der Waals surface area contributed by atoms with Gasteiger partial charge in [-0.05, 0) is 143 Å². The van der Waals surface area contributed by atoms with Crippen LogP contribution < -0.4 is 0 Å². The number of para-hydroxylation sites is 6. The molecule has 0 fully saturated rings. The van der Waals surface area contributed by atoms with E-state index in [1.165, 1.54) is 10.8 Å². The lowest BCUT2D eigenvalue weighted by Gasteiger charge is -2.15. The fraction of sp³-hybridized carbons (Fsp3) is 0.00901. The van der Waals surface area contributed by atoms with E-state index in [0.717, 1.165) is 211 Å². The number of rotatable bonds is 13. The van der Waals surface area contributed by atoms with Crippen LogP contribution in [0.4, 0.5) is 0 Å². The third-order valence-corrected chi connectivity index (χ3v) is 23.6. The van der Waals surface area contributed by atoms with Crippen molar-refractivity contribution < 1.29 is 13.3 Å². The van der Waals surface area contributed by atoms with Crippen LogP contribution in [0.1, 0.15) is 5.56 Å².